The van der Waals surface area contributed by atoms with Gasteiger partial charge in [-0.3, -0.25) is 9.63 Å². The Kier molecular flexibility index (Phi) is 5.59. The maximum Gasteiger partial charge on any atom is 0.245 e. The fourth-order valence-electron chi connectivity index (χ4n) is 3.45. The van der Waals surface area contributed by atoms with Crippen molar-refractivity contribution in [1.82, 2.24) is 10.0 Å². The van der Waals surface area contributed by atoms with Gasteiger partial charge in [-0.2, -0.15) is 5.26 Å². The Morgan fingerprint density at radius 1 is 1.40 bits per heavy atom. The van der Waals surface area contributed by atoms with Gasteiger partial charge in [0.05, 0.1) is 37.8 Å². The quantitative estimate of drug-likeness (QED) is 0.741. The molecule has 30 heavy (non-hydrogen) atoms. The Balaban J connectivity index is 1.57. The Morgan fingerprint density at radius 2 is 2.27 bits per heavy atom. The molecule has 1 atom stereocenters. The average Bonchev–Trinajstić information content (AvgIpc) is 3.26. The van der Waals surface area contributed by atoms with E-state index in [2.05, 4.69) is 11.1 Å². The molecule has 156 valence electrons. The molecule has 4 rings (SSSR count). The minimum Gasteiger partial charge on any atom is -0.490 e. The van der Waals surface area contributed by atoms with Crippen molar-refractivity contribution >= 4 is 17.3 Å². The number of carbonyl (C=O) groups excluding carboxylic acids is 1. The zero-order valence-corrected chi connectivity index (χ0v) is 16.8. The second-order valence-corrected chi connectivity index (χ2v) is 6.84. The standard InChI is InChI=1S/C21H22N4O5/c1-3-20(26)25-12-17(13-29-25)30-16-4-5-19-18(9-16)24(6-7-28-19)15-8-14(10-22)21(27-2)23-11-15/h4-5,8-9,11,17H,3,6-7,12-13H2,1-2H3. The highest BCUT2D eigenvalue weighted by atomic mass is 16.7. The maximum absolute atomic E-state index is 11.8. The SMILES string of the molecule is CCC(=O)N1CC(Oc2ccc3c(c2)N(c2cnc(OC)c(C#N)c2)CCO3)CO1. The molecule has 2 aliphatic heterocycles. The summed E-state index contributed by atoms with van der Waals surface area (Å²) in [6, 6.07) is 9.42. The highest BCUT2D eigenvalue weighted by molar-refractivity contribution is 5.75. The summed E-state index contributed by atoms with van der Waals surface area (Å²) in [6.07, 6.45) is 1.81. The van der Waals surface area contributed by atoms with Crippen LogP contribution in [0.4, 0.5) is 11.4 Å². The van der Waals surface area contributed by atoms with E-state index in [1.54, 1.807) is 19.2 Å². The first-order valence-corrected chi connectivity index (χ1v) is 9.71. The van der Waals surface area contributed by atoms with Crippen molar-refractivity contribution in [3.8, 4) is 23.4 Å². The van der Waals surface area contributed by atoms with E-state index in [0.29, 0.717) is 55.7 Å². The van der Waals surface area contributed by atoms with Gasteiger partial charge >= 0.3 is 0 Å². The number of nitrogens with zero attached hydrogens (tertiary/aromatic N) is 4. The number of carbonyl (C=O) groups is 1. The molecule has 0 N–H and O–H groups in total. The minimum absolute atomic E-state index is 0.0635. The van der Waals surface area contributed by atoms with Crippen LogP contribution >= 0.6 is 0 Å². The van der Waals surface area contributed by atoms with Crippen LogP contribution in [0.1, 0.15) is 18.9 Å². The third kappa shape index (κ3) is 3.82. The van der Waals surface area contributed by atoms with Gasteiger partial charge < -0.3 is 19.1 Å². The summed E-state index contributed by atoms with van der Waals surface area (Å²) >= 11 is 0. The van der Waals surface area contributed by atoms with Crippen LogP contribution in [0.25, 0.3) is 0 Å². The summed E-state index contributed by atoms with van der Waals surface area (Å²) in [5, 5.41) is 10.7. The number of methoxy groups -OCH3 is 1. The molecule has 2 aromatic rings. The Morgan fingerprint density at radius 3 is 3.03 bits per heavy atom. The van der Waals surface area contributed by atoms with Crippen molar-refractivity contribution in [3.63, 3.8) is 0 Å². The van der Waals surface area contributed by atoms with Gasteiger partial charge in [-0.1, -0.05) is 6.92 Å². The molecule has 0 radical (unpaired) electrons. The van der Waals surface area contributed by atoms with Gasteiger partial charge in [0.1, 0.15) is 42.4 Å². The number of amides is 1. The second kappa shape index (κ2) is 8.47. The number of hydroxylamine groups is 2. The predicted molar refractivity (Wildman–Crippen MR) is 107 cm³/mol. The van der Waals surface area contributed by atoms with Crippen molar-refractivity contribution in [2.45, 2.75) is 19.4 Å². The van der Waals surface area contributed by atoms with Crippen LogP contribution < -0.4 is 19.1 Å². The third-order valence-electron chi connectivity index (χ3n) is 4.92. The van der Waals surface area contributed by atoms with E-state index in [-0.39, 0.29) is 12.0 Å². The Bertz CT molecular complexity index is 990. The van der Waals surface area contributed by atoms with E-state index in [0.717, 1.165) is 11.4 Å². The van der Waals surface area contributed by atoms with E-state index in [4.69, 9.17) is 19.0 Å². The number of hydrogen-bond donors (Lipinski definition) is 0. The normalized spacial score (nSPS) is 17.7. The van der Waals surface area contributed by atoms with Gasteiger partial charge in [0.25, 0.3) is 0 Å². The van der Waals surface area contributed by atoms with Gasteiger partial charge in [-0.15, -0.1) is 0 Å². The molecular weight excluding hydrogens is 388 g/mol. The molecule has 1 aromatic carbocycles. The van der Waals surface area contributed by atoms with Crippen molar-refractivity contribution in [2.75, 3.05) is 38.3 Å². The van der Waals surface area contributed by atoms with Crippen molar-refractivity contribution < 1.29 is 23.8 Å². The molecule has 0 saturated carbocycles. The number of pyridine rings is 1. The number of rotatable bonds is 5. The molecular formula is C21H22N4O5. The molecule has 2 aliphatic rings. The molecule has 1 unspecified atom stereocenters. The first-order chi connectivity index (χ1) is 14.6. The van der Waals surface area contributed by atoms with Gasteiger partial charge in [-0.25, -0.2) is 10.0 Å². The van der Waals surface area contributed by atoms with Crippen LogP contribution in [0, 0.1) is 11.3 Å². The van der Waals surface area contributed by atoms with Crippen LogP contribution in [0.3, 0.4) is 0 Å². The largest absolute Gasteiger partial charge is 0.490 e. The zero-order valence-electron chi connectivity index (χ0n) is 16.8. The van der Waals surface area contributed by atoms with Gasteiger partial charge in [0.2, 0.25) is 11.8 Å². The van der Waals surface area contributed by atoms with E-state index in [1.807, 2.05) is 23.1 Å². The van der Waals surface area contributed by atoms with E-state index in [9.17, 15) is 10.1 Å². The summed E-state index contributed by atoms with van der Waals surface area (Å²) in [7, 11) is 1.48. The number of aromatic nitrogens is 1. The van der Waals surface area contributed by atoms with Crippen LogP contribution in [0.5, 0.6) is 17.4 Å². The van der Waals surface area contributed by atoms with Gasteiger partial charge in [-0.05, 0) is 18.2 Å². The minimum atomic E-state index is -0.246. The molecule has 1 fully saturated rings. The fraction of sp³-hybridized carbons (Fsp3) is 0.381. The average molecular weight is 410 g/mol. The van der Waals surface area contributed by atoms with E-state index < -0.39 is 0 Å². The number of fused-ring (bicyclic) bond motifs is 1. The number of nitriles is 1. The number of ether oxygens (including phenoxy) is 3. The van der Waals surface area contributed by atoms with E-state index >= 15 is 0 Å². The van der Waals surface area contributed by atoms with Crippen molar-refractivity contribution in [1.29, 1.82) is 5.26 Å². The first-order valence-electron chi connectivity index (χ1n) is 9.71. The molecule has 1 aromatic heterocycles. The maximum atomic E-state index is 11.8. The lowest BCUT2D eigenvalue weighted by molar-refractivity contribution is -0.168. The molecule has 0 bridgehead atoms. The lowest BCUT2D eigenvalue weighted by Crippen LogP contribution is -2.30. The molecule has 9 heteroatoms. The van der Waals surface area contributed by atoms with Crippen LogP contribution in [-0.4, -0.2) is 55.5 Å². The Hall–Kier alpha value is -3.51. The summed E-state index contributed by atoms with van der Waals surface area (Å²) in [5.74, 6) is 1.59. The summed E-state index contributed by atoms with van der Waals surface area (Å²) in [6.45, 7) is 3.60. The predicted octanol–water partition coefficient (Wildman–Crippen LogP) is 2.42. The molecule has 0 spiro atoms. The Labute approximate surface area is 174 Å². The van der Waals surface area contributed by atoms with Gasteiger partial charge in [0, 0.05) is 12.5 Å². The second-order valence-electron chi connectivity index (χ2n) is 6.84. The number of hydrogen-bond acceptors (Lipinski definition) is 8. The first kappa shape index (κ1) is 19.8. The summed E-state index contributed by atoms with van der Waals surface area (Å²) < 4.78 is 17.0. The zero-order chi connectivity index (χ0) is 21.1. The third-order valence-corrected chi connectivity index (χ3v) is 4.92. The van der Waals surface area contributed by atoms with Crippen molar-refractivity contribution in [3.05, 3.63) is 36.0 Å². The lowest BCUT2D eigenvalue weighted by atomic mass is 10.2. The topological polar surface area (TPSA) is 97.2 Å². The van der Waals surface area contributed by atoms with E-state index in [1.165, 1.54) is 12.2 Å². The van der Waals surface area contributed by atoms with Gasteiger partial charge in [0.15, 0.2) is 0 Å². The summed E-state index contributed by atoms with van der Waals surface area (Å²) in [5.41, 5.74) is 1.94. The molecule has 1 saturated heterocycles. The van der Waals surface area contributed by atoms with Crippen LogP contribution in [-0.2, 0) is 9.63 Å². The smallest absolute Gasteiger partial charge is 0.245 e. The molecule has 9 nitrogen and oxygen atoms in total. The lowest BCUT2D eigenvalue weighted by Gasteiger charge is -2.31. The van der Waals surface area contributed by atoms with Crippen LogP contribution in [0.15, 0.2) is 30.5 Å². The highest BCUT2D eigenvalue weighted by Gasteiger charge is 2.29. The van der Waals surface area contributed by atoms with Crippen molar-refractivity contribution in [2.24, 2.45) is 0 Å². The monoisotopic (exact) mass is 410 g/mol. The van der Waals surface area contributed by atoms with Crippen LogP contribution in [0.2, 0.25) is 0 Å². The molecule has 1 amide bonds. The summed E-state index contributed by atoms with van der Waals surface area (Å²) in [4.78, 5) is 23.5. The number of benzene rings is 1. The highest BCUT2D eigenvalue weighted by Crippen LogP contribution is 2.40. The number of anilines is 2. The molecule has 3 heterocycles. The fourth-order valence-corrected chi connectivity index (χ4v) is 3.45. The molecule has 0 aliphatic carbocycles.